The van der Waals surface area contributed by atoms with Gasteiger partial charge in [-0.3, -0.25) is 9.48 Å². The summed E-state index contributed by atoms with van der Waals surface area (Å²) in [6.45, 7) is 6.51. The van der Waals surface area contributed by atoms with Crippen molar-refractivity contribution in [3.8, 4) is 5.75 Å². The summed E-state index contributed by atoms with van der Waals surface area (Å²) in [5.41, 5.74) is 1.55. The highest BCUT2D eigenvalue weighted by molar-refractivity contribution is 6.32. The summed E-state index contributed by atoms with van der Waals surface area (Å²) < 4.78 is 12.7. The van der Waals surface area contributed by atoms with Gasteiger partial charge in [0.2, 0.25) is 0 Å². The Morgan fingerprint density at radius 2 is 2.15 bits per heavy atom. The first-order chi connectivity index (χ1) is 13.0. The third-order valence-electron chi connectivity index (χ3n) is 4.18. The molecule has 8 heteroatoms. The van der Waals surface area contributed by atoms with Crippen molar-refractivity contribution in [3.63, 3.8) is 0 Å². The van der Waals surface area contributed by atoms with Crippen molar-refractivity contribution in [2.75, 3.05) is 0 Å². The van der Waals surface area contributed by atoms with Gasteiger partial charge in [0.15, 0.2) is 5.69 Å². The second-order valence-electron chi connectivity index (χ2n) is 6.08. The average Bonchev–Trinajstić information content (AvgIpc) is 3.28. The molecule has 0 fully saturated rings. The maximum absolute atomic E-state index is 12.7. The van der Waals surface area contributed by atoms with Gasteiger partial charge in [0.1, 0.15) is 18.1 Å². The minimum atomic E-state index is -0.344. The van der Waals surface area contributed by atoms with E-state index in [4.69, 9.17) is 20.9 Å². The van der Waals surface area contributed by atoms with Crippen LogP contribution in [0.4, 0.5) is 0 Å². The summed E-state index contributed by atoms with van der Waals surface area (Å²) in [6, 6.07) is 8.76. The van der Waals surface area contributed by atoms with Crippen LogP contribution in [0, 0.1) is 6.92 Å². The molecule has 3 rings (SSSR count). The Kier molecular flexibility index (Phi) is 5.81. The van der Waals surface area contributed by atoms with Gasteiger partial charge in [-0.25, -0.2) is 0 Å². The molecule has 1 N–H and O–H groups in total. The lowest BCUT2D eigenvalue weighted by Crippen LogP contribution is -2.28. The van der Waals surface area contributed by atoms with Gasteiger partial charge in [-0.2, -0.15) is 5.10 Å². The molecule has 142 valence electrons. The van der Waals surface area contributed by atoms with E-state index in [0.717, 1.165) is 12.2 Å². The SMILES string of the molecule is CCn1ccc(C(C)NC(=O)c2noc(C)c2COc2ccccc2Cl)n1. The summed E-state index contributed by atoms with van der Waals surface area (Å²) in [5, 5.41) is 11.7. The first-order valence-electron chi connectivity index (χ1n) is 8.66. The Labute approximate surface area is 162 Å². The predicted octanol–water partition coefficient (Wildman–Crippen LogP) is 3.92. The van der Waals surface area contributed by atoms with Crippen molar-refractivity contribution >= 4 is 17.5 Å². The van der Waals surface area contributed by atoms with Crippen LogP contribution in [-0.2, 0) is 13.2 Å². The maximum atomic E-state index is 12.7. The lowest BCUT2D eigenvalue weighted by molar-refractivity contribution is 0.0927. The molecule has 1 unspecified atom stereocenters. The number of para-hydroxylation sites is 1. The molecule has 27 heavy (non-hydrogen) atoms. The fourth-order valence-electron chi connectivity index (χ4n) is 2.57. The highest BCUT2D eigenvalue weighted by atomic mass is 35.5. The monoisotopic (exact) mass is 388 g/mol. The third-order valence-corrected chi connectivity index (χ3v) is 4.50. The standard InChI is InChI=1S/C19H21ClN4O3/c1-4-24-10-9-16(22-24)12(2)21-19(25)18-14(13(3)27-23-18)11-26-17-8-6-5-7-15(17)20/h5-10,12H,4,11H2,1-3H3,(H,21,25). The first-order valence-corrected chi connectivity index (χ1v) is 9.04. The molecule has 0 saturated heterocycles. The van der Waals surface area contributed by atoms with Crippen LogP contribution >= 0.6 is 11.6 Å². The summed E-state index contributed by atoms with van der Waals surface area (Å²) in [5.74, 6) is 0.711. The molecule has 3 aromatic rings. The molecular weight excluding hydrogens is 368 g/mol. The molecule has 1 atom stereocenters. The Morgan fingerprint density at radius 1 is 1.37 bits per heavy atom. The topological polar surface area (TPSA) is 82.2 Å². The number of nitrogens with one attached hydrogen (secondary N) is 1. The van der Waals surface area contributed by atoms with E-state index in [0.29, 0.717) is 22.1 Å². The Balaban J connectivity index is 1.71. The fourth-order valence-corrected chi connectivity index (χ4v) is 2.76. The fraction of sp³-hybridized carbons (Fsp3) is 0.316. The van der Waals surface area contributed by atoms with Gasteiger partial charge in [-0.05, 0) is 39.0 Å². The maximum Gasteiger partial charge on any atom is 0.274 e. The molecule has 0 saturated carbocycles. The zero-order valence-corrected chi connectivity index (χ0v) is 16.2. The van der Waals surface area contributed by atoms with Gasteiger partial charge < -0.3 is 14.6 Å². The average molecular weight is 389 g/mol. The number of carbonyl (C=O) groups is 1. The number of benzene rings is 1. The third kappa shape index (κ3) is 4.31. The Bertz CT molecular complexity index is 935. The number of nitrogens with zero attached hydrogens (tertiary/aromatic N) is 3. The summed E-state index contributed by atoms with van der Waals surface area (Å²) in [4.78, 5) is 12.7. The van der Waals surface area contributed by atoms with E-state index in [-0.39, 0.29) is 24.2 Å². The number of rotatable bonds is 7. The number of carbonyl (C=O) groups excluding carboxylic acids is 1. The van der Waals surface area contributed by atoms with Crippen molar-refractivity contribution in [1.82, 2.24) is 20.3 Å². The van der Waals surface area contributed by atoms with Gasteiger partial charge in [0.05, 0.1) is 22.3 Å². The Morgan fingerprint density at radius 3 is 2.85 bits per heavy atom. The zero-order chi connectivity index (χ0) is 19.4. The van der Waals surface area contributed by atoms with Crippen molar-refractivity contribution in [2.24, 2.45) is 0 Å². The van der Waals surface area contributed by atoms with E-state index in [1.165, 1.54) is 0 Å². The quantitative estimate of drug-likeness (QED) is 0.663. The number of hydrogen-bond donors (Lipinski definition) is 1. The molecule has 0 bridgehead atoms. The van der Waals surface area contributed by atoms with Gasteiger partial charge in [-0.1, -0.05) is 28.9 Å². The molecule has 2 heterocycles. The predicted molar refractivity (Wildman–Crippen MR) is 101 cm³/mol. The molecule has 0 radical (unpaired) electrons. The van der Waals surface area contributed by atoms with Crippen molar-refractivity contribution in [2.45, 2.75) is 40.0 Å². The van der Waals surface area contributed by atoms with Gasteiger partial charge in [-0.15, -0.1) is 0 Å². The van der Waals surface area contributed by atoms with Crippen LogP contribution in [0.25, 0.3) is 0 Å². The number of halogens is 1. The van der Waals surface area contributed by atoms with Crippen molar-refractivity contribution < 1.29 is 14.1 Å². The molecule has 2 aromatic heterocycles. The first kappa shape index (κ1) is 19.0. The van der Waals surface area contributed by atoms with Crippen LogP contribution in [0.1, 0.15) is 47.4 Å². The molecule has 7 nitrogen and oxygen atoms in total. The molecule has 1 aromatic carbocycles. The molecule has 0 aliphatic carbocycles. The normalized spacial score (nSPS) is 12.0. The molecule has 0 aliphatic rings. The lowest BCUT2D eigenvalue weighted by atomic mass is 10.1. The molecule has 1 amide bonds. The highest BCUT2D eigenvalue weighted by Crippen LogP contribution is 2.25. The van der Waals surface area contributed by atoms with E-state index in [2.05, 4.69) is 15.6 Å². The van der Waals surface area contributed by atoms with Crippen LogP contribution in [0.5, 0.6) is 5.75 Å². The Hall–Kier alpha value is -2.80. The number of ether oxygens (including phenoxy) is 1. The van der Waals surface area contributed by atoms with Crippen LogP contribution in [-0.4, -0.2) is 20.8 Å². The largest absolute Gasteiger partial charge is 0.487 e. The van der Waals surface area contributed by atoms with Gasteiger partial charge in [0.25, 0.3) is 5.91 Å². The lowest BCUT2D eigenvalue weighted by Gasteiger charge is -2.12. The summed E-state index contributed by atoms with van der Waals surface area (Å²) >= 11 is 6.10. The number of aryl methyl sites for hydroxylation is 2. The summed E-state index contributed by atoms with van der Waals surface area (Å²) in [6.07, 6.45) is 1.88. The van der Waals surface area contributed by atoms with Crippen LogP contribution < -0.4 is 10.1 Å². The second-order valence-corrected chi connectivity index (χ2v) is 6.48. The highest BCUT2D eigenvalue weighted by Gasteiger charge is 2.23. The van der Waals surface area contributed by atoms with E-state index in [9.17, 15) is 4.79 Å². The van der Waals surface area contributed by atoms with E-state index < -0.39 is 0 Å². The minimum Gasteiger partial charge on any atom is -0.487 e. The van der Waals surface area contributed by atoms with E-state index >= 15 is 0 Å². The van der Waals surface area contributed by atoms with Gasteiger partial charge >= 0.3 is 0 Å². The number of hydrogen-bond acceptors (Lipinski definition) is 5. The smallest absolute Gasteiger partial charge is 0.274 e. The molecule has 0 aliphatic heterocycles. The molecule has 0 spiro atoms. The second kappa shape index (κ2) is 8.26. The summed E-state index contributed by atoms with van der Waals surface area (Å²) in [7, 11) is 0. The van der Waals surface area contributed by atoms with Crippen molar-refractivity contribution in [1.29, 1.82) is 0 Å². The van der Waals surface area contributed by atoms with Crippen LogP contribution in [0.15, 0.2) is 41.1 Å². The van der Waals surface area contributed by atoms with Gasteiger partial charge in [0, 0.05) is 12.7 Å². The van der Waals surface area contributed by atoms with Crippen LogP contribution in [0.2, 0.25) is 5.02 Å². The zero-order valence-electron chi connectivity index (χ0n) is 15.4. The van der Waals surface area contributed by atoms with E-state index in [1.807, 2.05) is 38.2 Å². The molecular formula is C19H21ClN4O3. The minimum absolute atomic E-state index is 0.126. The van der Waals surface area contributed by atoms with Crippen LogP contribution in [0.3, 0.4) is 0 Å². The van der Waals surface area contributed by atoms with Crippen molar-refractivity contribution in [3.05, 3.63) is 64.3 Å². The number of amides is 1. The number of aromatic nitrogens is 3. The van der Waals surface area contributed by atoms with E-state index in [1.54, 1.807) is 23.7 Å².